The lowest BCUT2D eigenvalue weighted by atomic mass is 10.3. The van der Waals surface area contributed by atoms with Crippen LogP contribution in [0.5, 0.6) is 0 Å². The van der Waals surface area contributed by atoms with Gasteiger partial charge < -0.3 is 4.57 Å². The molecule has 0 spiro atoms. The smallest absolute Gasteiger partial charge is 0.251 e. The van der Waals surface area contributed by atoms with Gasteiger partial charge in [-0.25, -0.2) is 0 Å². The minimum atomic E-state index is 0.0317. The van der Waals surface area contributed by atoms with E-state index >= 15 is 0 Å². The van der Waals surface area contributed by atoms with Crippen LogP contribution in [0.15, 0.2) is 35.5 Å². The lowest BCUT2D eigenvalue weighted by Crippen LogP contribution is -2.18. The first kappa shape index (κ1) is 10.7. The van der Waals surface area contributed by atoms with Gasteiger partial charge in [-0.05, 0) is 25.5 Å². The van der Waals surface area contributed by atoms with Gasteiger partial charge in [0.25, 0.3) is 5.56 Å². The third-order valence-corrected chi connectivity index (χ3v) is 2.52. The highest BCUT2D eigenvalue weighted by molar-refractivity contribution is 5.11. The Morgan fingerprint density at radius 2 is 2.25 bits per heavy atom. The molecule has 0 bridgehead atoms. The molecule has 0 amide bonds. The van der Waals surface area contributed by atoms with Gasteiger partial charge in [0.1, 0.15) is 0 Å². The van der Waals surface area contributed by atoms with Crippen molar-refractivity contribution in [2.75, 3.05) is 0 Å². The number of pyridine rings is 1. The number of hydrogen-bond acceptors (Lipinski definition) is 2. The summed E-state index contributed by atoms with van der Waals surface area (Å²) in [5.74, 6) is 0. The van der Waals surface area contributed by atoms with E-state index in [0.29, 0.717) is 6.54 Å². The Morgan fingerprint density at radius 1 is 1.44 bits per heavy atom. The van der Waals surface area contributed by atoms with Gasteiger partial charge in [-0.1, -0.05) is 0 Å². The first-order chi connectivity index (χ1) is 7.69. The molecule has 0 N–H and O–H groups in total. The molecule has 0 aromatic carbocycles. The van der Waals surface area contributed by atoms with Crippen LogP contribution in [0.2, 0.25) is 0 Å². The molecule has 0 aliphatic heterocycles. The Bertz CT molecular complexity index is 539. The second-order valence-electron chi connectivity index (χ2n) is 3.87. The van der Waals surface area contributed by atoms with Crippen molar-refractivity contribution in [3.8, 4) is 0 Å². The summed E-state index contributed by atoms with van der Waals surface area (Å²) in [4.78, 5) is 11.7. The van der Waals surface area contributed by atoms with Gasteiger partial charge in [0.2, 0.25) is 0 Å². The molecule has 0 saturated heterocycles. The monoisotopic (exact) mass is 217 g/mol. The van der Waals surface area contributed by atoms with Crippen LogP contribution in [0.1, 0.15) is 18.1 Å². The van der Waals surface area contributed by atoms with Crippen LogP contribution < -0.4 is 5.56 Å². The van der Waals surface area contributed by atoms with E-state index in [-0.39, 0.29) is 5.56 Å². The minimum absolute atomic E-state index is 0.0317. The number of rotatable bonds is 3. The van der Waals surface area contributed by atoms with Crippen molar-refractivity contribution in [1.29, 1.82) is 0 Å². The summed E-state index contributed by atoms with van der Waals surface area (Å²) in [6.45, 7) is 5.39. The number of hydrogen-bond donors (Lipinski definition) is 0. The summed E-state index contributed by atoms with van der Waals surface area (Å²) in [5, 5.41) is 4.18. The van der Waals surface area contributed by atoms with Crippen LogP contribution in [0.4, 0.5) is 0 Å². The molecular formula is C12H15N3O. The van der Waals surface area contributed by atoms with Crippen LogP contribution in [0, 0.1) is 6.92 Å². The highest BCUT2D eigenvalue weighted by Gasteiger charge is 2.00. The van der Waals surface area contributed by atoms with E-state index in [1.165, 1.54) is 0 Å². The predicted octanol–water partition coefficient (Wildman–Crippen LogP) is 1.42. The third-order valence-electron chi connectivity index (χ3n) is 2.52. The first-order valence-corrected chi connectivity index (χ1v) is 5.37. The molecule has 0 atom stereocenters. The SMILES string of the molecule is CCn1cc(Cn2ccc(C)cc2=O)cn1. The van der Waals surface area contributed by atoms with Gasteiger partial charge in [0.15, 0.2) is 0 Å². The van der Waals surface area contributed by atoms with Crippen molar-refractivity contribution < 1.29 is 0 Å². The Kier molecular flexibility index (Phi) is 2.90. The normalized spacial score (nSPS) is 10.6. The van der Waals surface area contributed by atoms with E-state index in [2.05, 4.69) is 5.10 Å². The fourth-order valence-corrected chi connectivity index (χ4v) is 1.60. The molecule has 0 aliphatic rings. The van der Waals surface area contributed by atoms with E-state index in [4.69, 9.17) is 0 Å². The summed E-state index contributed by atoms with van der Waals surface area (Å²) in [7, 11) is 0. The largest absolute Gasteiger partial charge is 0.311 e. The molecule has 16 heavy (non-hydrogen) atoms. The molecule has 2 aromatic heterocycles. The maximum absolute atomic E-state index is 11.7. The summed E-state index contributed by atoms with van der Waals surface area (Å²) in [6.07, 6.45) is 5.59. The molecule has 0 unspecified atom stereocenters. The van der Waals surface area contributed by atoms with Gasteiger partial charge >= 0.3 is 0 Å². The molecule has 2 aromatic rings. The molecule has 4 heteroatoms. The van der Waals surface area contributed by atoms with Crippen molar-refractivity contribution in [2.24, 2.45) is 0 Å². The summed E-state index contributed by atoms with van der Waals surface area (Å²) < 4.78 is 3.54. The molecule has 4 nitrogen and oxygen atoms in total. The Labute approximate surface area is 94.1 Å². The maximum Gasteiger partial charge on any atom is 0.251 e. The average Bonchev–Trinajstić information content (AvgIpc) is 2.70. The fraction of sp³-hybridized carbons (Fsp3) is 0.333. The van der Waals surface area contributed by atoms with Gasteiger partial charge in [0.05, 0.1) is 12.7 Å². The highest BCUT2D eigenvalue weighted by atomic mass is 16.1. The van der Waals surface area contributed by atoms with Gasteiger partial charge in [-0.2, -0.15) is 5.10 Å². The Balaban J connectivity index is 2.23. The number of aryl methyl sites for hydroxylation is 2. The summed E-state index contributed by atoms with van der Waals surface area (Å²) in [6, 6.07) is 3.58. The lowest BCUT2D eigenvalue weighted by Gasteiger charge is -2.03. The summed E-state index contributed by atoms with van der Waals surface area (Å²) >= 11 is 0. The van der Waals surface area contributed by atoms with Crippen LogP contribution >= 0.6 is 0 Å². The topological polar surface area (TPSA) is 39.8 Å². The van der Waals surface area contributed by atoms with Crippen LogP contribution in [-0.2, 0) is 13.1 Å². The van der Waals surface area contributed by atoms with Crippen molar-refractivity contribution in [1.82, 2.24) is 14.3 Å². The second kappa shape index (κ2) is 4.35. The van der Waals surface area contributed by atoms with Crippen LogP contribution in [0.3, 0.4) is 0 Å². The van der Waals surface area contributed by atoms with Crippen molar-refractivity contribution >= 4 is 0 Å². The molecule has 84 valence electrons. The first-order valence-electron chi connectivity index (χ1n) is 5.37. The summed E-state index contributed by atoms with van der Waals surface area (Å²) in [5.41, 5.74) is 2.07. The Morgan fingerprint density at radius 3 is 2.88 bits per heavy atom. The molecule has 2 heterocycles. The van der Waals surface area contributed by atoms with Gasteiger partial charge in [0, 0.05) is 30.6 Å². The quantitative estimate of drug-likeness (QED) is 0.780. The van der Waals surface area contributed by atoms with Crippen LogP contribution in [-0.4, -0.2) is 14.3 Å². The lowest BCUT2D eigenvalue weighted by molar-refractivity contribution is 0.658. The fourth-order valence-electron chi connectivity index (χ4n) is 1.60. The molecule has 0 aliphatic carbocycles. The van der Waals surface area contributed by atoms with E-state index in [9.17, 15) is 4.79 Å². The third kappa shape index (κ3) is 2.21. The molecular weight excluding hydrogens is 202 g/mol. The van der Waals surface area contributed by atoms with E-state index in [1.807, 2.05) is 37.0 Å². The van der Waals surface area contributed by atoms with Crippen molar-refractivity contribution in [2.45, 2.75) is 26.9 Å². The van der Waals surface area contributed by atoms with E-state index in [1.54, 1.807) is 16.8 Å². The molecule has 0 radical (unpaired) electrons. The zero-order valence-corrected chi connectivity index (χ0v) is 9.55. The zero-order valence-electron chi connectivity index (χ0n) is 9.55. The highest BCUT2D eigenvalue weighted by Crippen LogP contribution is 2.00. The molecule has 0 fully saturated rings. The van der Waals surface area contributed by atoms with Crippen molar-refractivity contribution in [3.63, 3.8) is 0 Å². The average molecular weight is 217 g/mol. The zero-order chi connectivity index (χ0) is 11.5. The standard InChI is InChI=1S/C12H15N3O/c1-3-15-9-11(7-13-15)8-14-5-4-10(2)6-12(14)16/h4-7,9H,3,8H2,1-2H3. The van der Waals surface area contributed by atoms with E-state index in [0.717, 1.165) is 17.7 Å². The van der Waals surface area contributed by atoms with Gasteiger partial charge in [-0.3, -0.25) is 9.48 Å². The Hall–Kier alpha value is -1.84. The minimum Gasteiger partial charge on any atom is -0.311 e. The second-order valence-corrected chi connectivity index (χ2v) is 3.87. The molecule has 2 rings (SSSR count). The number of nitrogens with zero attached hydrogens (tertiary/aromatic N) is 3. The predicted molar refractivity (Wildman–Crippen MR) is 62.4 cm³/mol. The number of aromatic nitrogens is 3. The maximum atomic E-state index is 11.7. The van der Waals surface area contributed by atoms with E-state index < -0.39 is 0 Å². The van der Waals surface area contributed by atoms with Crippen molar-refractivity contribution in [3.05, 3.63) is 52.2 Å². The van der Waals surface area contributed by atoms with Gasteiger partial charge in [-0.15, -0.1) is 0 Å². The van der Waals surface area contributed by atoms with Crippen LogP contribution in [0.25, 0.3) is 0 Å². The molecule has 0 saturated carbocycles.